The largest absolute Gasteiger partial charge is 0.309 e. The predicted octanol–water partition coefficient (Wildman–Crippen LogP) is 1.96. The van der Waals surface area contributed by atoms with Crippen molar-refractivity contribution in [1.82, 2.24) is 10.2 Å². The van der Waals surface area contributed by atoms with Gasteiger partial charge in [-0.15, -0.1) is 0 Å². The van der Waals surface area contributed by atoms with Crippen LogP contribution in [-0.2, 0) is 0 Å². The molecule has 2 nitrogen and oxygen atoms in total. The number of thioether (sulfide) groups is 1. The third kappa shape index (κ3) is 2.51. The van der Waals surface area contributed by atoms with Crippen LogP contribution in [0.4, 0.5) is 0 Å². The average Bonchev–Trinajstić information content (AvgIpc) is 2.82. The van der Waals surface area contributed by atoms with Crippen molar-refractivity contribution in [3.05, 3.63) is 0 Å². The zero-order chi connectivity index (χ0) is 10.7. The number of hydrogen-bond acceptors (Lipinski definition) is 3. The Balaban J connectivity index is 1.96. The van der Waals surface area contributed by atoms with E-state index >= 15 is 0 Å². The first-order chi connectivity index (χ1) is 7.29. The molecule has 1 N–H and O–H groups in total. The number of rotatable bonds is 3. The van der Waals surface area contributed by atoms with Gasteiger partial charge in [0.25, 0.3) is 0 Å². The Bertz CT molecular complexity index is 198. The van der Waals surface area contributed by atoms with E-state index in [1.807, 2.05) is 0 Å². The lowest BCUT2D eigenvalue weighted by Gasteiger charge is -2.45. The van der Waals surface area contributed by atoms with Crippen molar-refractivity contribution < 1.29 is 0 Å². The summed E-state index contributed by atoms with van der Waals surface area (Å²) in [5.74, 6) is 2.74. The molecule has 1 atom stereocenters. The normalized spacial score (nSPS) is 32.0. The van der Waals surface area contributed by atoms with Crippen LogP contribution >= 0.6 is 11.8 Å². The fourth-order valence-corrected chi connectivity index (χ4v) is 4.09. The number of nitrogens with zero attached hydrogens (tertiary/aromatic N) is 1. The van der Waals surface area contributed by atoms with Crippen LogP contribution in [0.1, 0.15) is 33.1 Å². The maximum absolute atomic E-state index is 3.74. The van der Waals surface area contributed by atoms with Gasteiger partial charge in [0, 0.05) is 37.0 Å². The summed E-state index contributed by atoms with van der Waals surface area (Å²) >= 11 is 2.13. The van der Waals surface area contributed by atoms with Gasteiger partial charge in [0.15, 0.2) is 0 Å². The topological polar surface area (TPSA) is 15.3 Å². The molecule has 0 aliphatic carbocycles. The van der Waals surface area contributed by atoms with Gasteiger partial charge in [-0.05, 0) is 25.0 Å². The standard InChI is InChI=1S/C12H24N2S/c1-3-12(4-2)10-14(7-6-13-12)11-5-8-15-9-11/h11,13H,3-10H2,1-2H3. The van der Waals surface area contributed by atoms with Crippen LogP contribution in [0.3, 0.4) is 0 Å². The zero-order valence-electron chi connectivity index (χ0n) is 10.1. The smallest absolute Gasteiger partial charge is 0.0304 e. The Morgan fingerprint density at radius 2 is 2.20 bits per heavy atom. The van der Waals surface area contributed by atoms with E-state index in [0.717, 1.165) is 6.04 Å². The van der Waals surface area contributed by atoms with Crippen LogP contribution in [0.15, 0.2) is 0 Å². The van der Waals surface area contributed by atoms with Crippen molar-refractivity contribution in [3.8, 4) is 0 Å². The Hall–Kier alpha value is 0.270. The molecule has 2 heterocycles. The van der Waals surface area contributed by atoms with Gasteiger partial charge in [-0.1, -0.05) is 13.8 Å². The van der Waals surface area contributed by atoms with Crippen molar-refractivity contribution >= 4 is 11.8 Å². The summed E-state index contributed by atoms with van der Waals surface area (Å²) in [6, 6.07) is 0.870. The molecule has 0 bridgehead atoms. The molecule has 0 saturated carbocycles. The van der Waals surface area contributed by atoms with Crippen molar-refractivity contribution in [2.75, 3.05) is 31.1 Å². The minimum absolute atomic E-state index is 0.408. The lowest BCUT2D eigenvalue weighted by atomic mass is 9.89. The summed E-state index contributed by atoms with van der Waals surface area (Å²) in [6.07, 6.45) is 3.94. The first-order valence-electron chi connectivity index (χ1n) is 6.36. The predicted molar refractivity (Wildman–Crippen MR) is 68.6 cm³/mol. The van der Waals surface area contributed by atoms with E-state index in [0.29, 0.717) is 5.54 Å². The molecule has 3 heteroatoms. The van der Waals surface area contributed by atoms with Crippen molar-refractivity contribution in [3.63, 3.8) is 0 Å². The third-order valence-electron chi connectivity index (χ3n) is 4.18. The third-order valence-corrected chi connectivity index (χ3v) is 5.33. The number of piperazine rings is 1. The SMILES string of the molecule is CCC1(CC)CN(C2CCSC2)CCN1. The van der Waals surface area contributed by atoms with Crippen LogP contribution in [0.25, 0.3) is 0 Å². The first-order valence-corrected chi connectivity index (χ1v) is 7.52. The first kappa shape index (κ1) is 11.7. The monoisotopic (exact) mass is 228 g/mol. The highest BCUT2D eigenvalue weighted by Gasteiger charge is 2.35. The molecule has 0 radical (unpaired) electrons. The molecule has 2 aliphatic rings. The molecule has 2 rings (SSSR count). The molecule has 88 valence electrons. The van der Waals surface area contributed by atoms with Crippen molar-refractivity contribution in [1.29, 1.82) is 0 Å². The Morgan fingerprint density at radius 1 is 1.40 bits per heavy atom. The van der Waals surface area contributed by atoms with Crippen LogP contribution in [0, 0.1) is 0 Å². The van der Waals surface area contributed by atoms with Crippen LogP contribution in [0.5, 0.6) is 0 Å². The average molecular weight is 228 g/mol. The van der Waals surface area contributed by atoms with Gasteiger partial charge < -0.3 is 5.32 Å². The molecule has 1 unspecified atom stereocenters. The van der Waals surface area contributed by atoms with Crippen molar-refractivity contribution in [2.24, 2.45) is 0 Å². The minimum atomic E-state index is 0.408. The maximum Gasteiger partial charge on any atom is 0.0304 e. The summed E-state index contributed by atoms with van der Waals surface area (Å²) < 4.78 is 0. The lowest BCUT2D eigenvalue weighted by Crippen LogP contribution is -2.61. The van der Waals surface area contributed by atoms with E-state index in [2.05, 4.69) is 35.8 Å². The Labute approximate surface area is 98.2 Å². The highest BCUT2D eigenvalue weighted by molar-refractivity contribution is 7.99. The van der Waals surface area contributed by atoms with Gasteiger partial charge in [0.1, 0.15) is 0 Å². The molecule has 0 amide bonds. The van der Waals surface area contributed by atoms with E-state index in [4.69, 9.17) is 0 Å². The van der Waals surface area contributed by atoms with E-state index < -0.39 is 0 Å². The lowest BCUT2D eigenvalue weighted by molar-refractivity contribution is 0.0945. The summed E-state index contributed by atoms with van der Waals surface area (Å²) in [4.78, 5) is 2.74. The maximum atomic E-state index is 3.74. The summed E-state index contributed by atoms with van der Waals surface area (Å²) in [5, 5.41) is 3.74. The molecule has 2 fully saturated rings. The number of hydrogen-bond donors (Lipinski definition) is 1. The Kier molecular flexibility index (Phi) is 3.97. The fraction of sp³-hybridized carbons (Fsp3) is 1.00. The van der Waals surface area contributed by atoms with Gasteiger partial charge in [0.2, 0.25) is 0 Å². The van der Waals surface area contributed by atoms with Crippen LogP contribution in [-0.4, -0.2) is 47.6 Å². The molecule has 2 saturated heterocycles. The van der Waals surface area contributed by atoms with E-state index in [-0.39, 0.29) is 0 Å². The second-order valence-electron chi connectivity index (χ2n) is 4.90. The quantitative estimate of drug-likeness (QED) is 0.795. The summed E-state index contributed by atoms with van der Waals surface area (Å²) in [7, 11) is 0. The second-order valence-corrected chi connectivity index (χ2v) is 6.05. The molecular formula is C12H24N2S. The van der Waals surface area contributed by atoms with Gasteiger partial charge in [-0.3, -0.25) is 4.90 Å². The highest BCUT2D eigenvalue weighted by Crippen LogP contribution is 2.27. The molecule has 0 aromatic rings. The zero-order valence-corrected chi connectivity index (χ0v) is 10.9. The Morgan fingerprint density at radius 3 is 2.80 bits per heavy atom. The molecule has 15 heavy (non-hydrogen) atoms. The van der Waals surface area contributed by atoms with Crippen molar-refractivity contribution in [2.45, 2.75) is 44.7 Å². The second kappa shape index (κ2) is 5.07. The molecule has 0 aromatic heterocycles. The van der Waals surface area contributed by atoms with E-state index in [1.54, 1.807) is 0 Å². The summed E-state index contributed by atoms with van der Waals surface area (Å²) in [5.41, 5.74) is 0.408. The fourth-order valence-electron chi connectivity index (χ4n) is 2.83. The minimum Gasteiger partial charge on any atom is -0.309 e. The molecule has 2 aliphatic heterocycles. The van der Waals surface area contributed by atoms with Crippen LogP contribution in [0.2, 0.25) is 0 Å². The summed E-state index contributed by atoms with van der Waals surface area (Å²) in [6.45, 7) is 8.36. The van der Waals surface area contributed by atoms with Crippen LogP contribution < -0.4 is 5.32 Å². The van der Waals surface area contributed by atoms with E-state index in [1.165, 1.54) is 50.4 Å². The van der Waals surface area contributed by atoms with E-state index in [9.17, 15) is 0 Å². The molecular weight excluding hydrogens is 204 g/mol. The van der Waals surface area contributed by atoms with Gasteiger partial charge in [-0.25, -0.2) is 0 Å². The molecule has 0 aromatic carbocycles. The number of nitrogens with one attached hydrogen (secondary N) is 1. The van der Waals surface area contributed by atoms with Gasteiger partial charge in [-0.2, -0.15) is 11.8 Å². The molecule has 0 spiro atoms. The van der Waals surface area contributed by atoms with Gasteiger partial charge >= 0.3 is 0 Å². The van der Waals surface area contributed by atoms with Gasteiger partial charge in [0.05, 0.1) is 0 Å². The highest BCUT2D eigenvalue weighted by atomic mass is 32.2.